The standard InChI is InChI=1S/C23H23F3N4O2/c1-14-5-4-10-30(13-14)22(31)19-12-27-21-18(9-8-15(2)28-21)20(19)29-16-6-3-7-17(11-16)32-23(24,25)26/h3,6-9,11-12,14H,4-5,10,13H2,1-2H3,(H,27,28,29). The number of hydrogen-bond donors (Lipinski definition) is 1. The summed E-state index contributed by atoms with van der Waals surface area (Å²) >= 11 is 0. The molecule has 2 aromatic heterocycles. The van der Waals surface area contributed by atoms with Crippen molar-refractivity contribution in [1.29, 1.82) is 0 Å². The van der Waals surface area contributed by atoms with E-state index in [-0.39, 0.29) is 11.7 Å². The lowest BCUT2D eigenvalue weighted by atomic mass is 9.99. The molecular weight excluding hydrogens is 421 g/mol. The number of nitrogens with one attached hydrogen (secondary N) is 1. The first-order valence-corrected chi connectivity index (χ1v) is 10.4. The summed E-state index contributed by atoms with van der Waals surface area (Å²) in [6, 6.07) is 9.11. The predicted octanol–water partition coefficient (Wildman–Crippen LogP) is 5.45. The van der Waals surface area contributed by atoms with E-state index in [0.717, 1.165) is 18.5 Å². The number of hydrogen-bond acceptors (Lipinski definition) is 5. The summed E-state index contributed by atoms with van der Waals surface area (Å²) in [5.41, 5.74) is 2.36. The van der Waals surface area contributed by atoms with Crippen LogP contribution in [0.2, 0.25) is 0 Å². The lowest BCUT2D eigenvalue weighted by Gasteiger charge is -2.31. The minimum atomic E-state index is -4.80. The van der Waals surface area contributed by atoms with Crippen LogP contribution in [0.3, 0.4) is 0 Å². The van der Waals surface area contributed by atoms with Crippen LogP contribution in [0.15, 0.2) is 42.6 Å². The van der Waals surface area contributed by atoms with Gasteiger partial charge in [0.25, 0.3) is 5.91 Å². The van der Waals surface area contributed by atoms with Crippen LogP contribution in [-0.2, 0) is 0 Å². The molecule has 0 aliphatic carbocycles. The highest BCUT2D eigenvalue weighted by Crippen LogP contribution is 2.32. The summed E-state index contributed by atoms with van der Waals surface area (Å²) in [6.07, 6.45) is -1.32. The van der Waals surface area contributed by atoms with Crippen LogP contribution in [0.25, 0.3) is 11.0 Å². The summed E-state index contributed by atoms with van der Waals surface area (Å²) < 4.78 is 42.0. The number of rotatable bonds is 4. The number of pyridine rings is 2. The van der Waals surface area contributed by atoms with Gasteiger partial charge in [0, 0.05) is 42.1 Å². The third-order valence-corrected chi connectivity index (χ3v) is 5.38. The van der Waals surface area contributed by atoms with Crippen molar-refractivity contribution in [1.82, 2.24) is 14.9 Å². The van der Waals surface area contributed by atoms with Gasteiger partial charge in [-0.05, 0) is 49.9 Å². The van der Waals surface area contributed by atoms with Gasteiger partial charge < -0.3 is 15.0 Å². The number of anilines is 2. The van der Waals surface area contributed by atoms with E-state index in [1.54, 1.807) is 23.1 Å². The number of carbonyl (C=O) groups is 1. The van der Waals surface area contributed by atoms with Gasteiger partial charge in [0.15, 0.2) is 5.65 Å². The lowest BCUT2D eigenvalue weighted by Crippen LogP contribution is -2.39. The third kappa shape index (κ3) is 4.92. The van der Waals surface area contributed by atoms with E-state index >= 15 is 0 Å². The van der Waals surface area contributed by atoms with Crippen LogP contribution >= 0.6 is 0 Å². The van der Waals surface area contributed by atoms with Crippen LogP contribution in [-0.4, -0.2) is 40.2 Å². The number of nitrogens with zero attached hydrogens (tertiary/aromatic N) is 3. The molecule has 32 heavy (non-hydrogen) atoms. The minimum Gasteiger partial charge on any atom is -0.406 e. The number of likely N-dealkylation sites (tertiary alicyclic amines) is 1. The summed E-state index contributed by atoms with van der Waals surface area (Å²) in [5, 5.41) is 3.72. The van der Waals surface area contributed by atoms with Gasteiger partial charge in [-0.25, -0.2) is 9.97 Å². The van der Waals surface area contributed by atoms with Gasteiger partial charge in [-0.2, -0.15) is 0 Å². The number of aryl methyl sites for hydroxylation is 1. The monoisotopic (exact) mass is 444 g/mol. The Hall–Kier alpha value is -3.36. The molecule has 1 amide bonds. The number of piperidine rings is 1. The highest BCUT2D eigenvalue weighted by Gasteiger charge is 2.31. The fraction of sp³-hybridized carbons (Fsp3) is 0.348. The fourth-order valence-electron chi connectivity index (χ4n) is 3.93. The van der Waals surface area contributed by atoms with Gasteiger partial charge in [-0.1, -0.05) is 13.0 Å². The van der Waals surface area contributed by atoms with Crippen molar-refractivity contribution in [2.45, 2.75) is 33.1 Å². The first kappa shape index (κ1) is 21.9. The average Bonchev–Trinajstić information content (AvgIpc) is 2.72. The van der Waals surface area contributed by atoms with Crippen LogP contribution in [0.4, 0.5) is 24.5 Å². The molecule has 1 aromatic carbocycles. The molecule has 0 saturated carbocycles. The Morgan fingerprint density at radius 3 is 2.81 bits per heavy atom. The first-order valence-electron chi connectivity index (χ1n) is 10.4. The SMILES string of the molecule is Cc1ccc2c(Nc3cccc(OC(F)(F)F)c3)c(C(=O)N3CCCC(C)C3)cnc2n1. The first-order chi connectivity index (χ1) is 15.2. The number of alkyl halides is 3. The molecule has 3 aromatic rings. The molecular formula is C23H23F3N4O2. The molecule has 1 unspecified atom stereocenters. The molecule has 9 heteroatoms. The smallest absolute Gasteiger partial charge is 0.406 e. The number of carbonyl (C=O) groups excluding carboxylic acids is 1. The van der Waals surface area contributed by atoms with Crippen molar-refractivity contribution >= 4 is 28.3 Å². The van der Waals surface area contributed by atoms with Gasteiger partial charge in [0.1, 0.15) is 5.75 Å². The molecule has 1 aliphatic rings. The zero-order valence-corrected chi connectivity index (χ0v) is 17.7. The van der Waals surface area contributed by atoms with Gasteiger partial charge in [-0.3, -0.25) is 4.79 Å². The zero-order valence-electron chi connectivity index (χ0n) is 17.7. The molecule has 0 radical (unpaired) electrons. The molecule has 3 heterocycles. The van der Waals surface area contributed by atoms with Crippen molar-refractivity contribution in [3.63, 3.8) is 0 Å². The van der Waals surface area contributed by atoms with Gasteiger partial charge in [-0.15, -0.1) is 13.2 Å². The predicted molar refractivity (Wildman–Crippen MR) is 115 cm³/mol. The Morgan fingerprint density at radius 1 is 1.25 bits per heavy atom. The number of benzene rings is 1. The quantitative estimate of drug-likeness (QED) is 0.579. The van der Waals surface area contributed by atoms with Gasteiger partial charge in [0.2, 0.25) is 0 Å². The van der Waals surface area contributed by atoms with Crippen LogP contribution in [0.5, 0.6) is 5.75 Å². The van der Waals surface area contributed by atoms with E-state index in [2.05, 4.69) is 26.9 Å². The van der Waals surface area contributed by atoms with Crippen molar-refractivity contribution < 1.29 is 22.7 Å². The van der Waals surface area contributed by atoms with E-state index in [1.165, 1.54) is 24.4 Å². The molecule has 0 bridgehead atoms. The molecule has 1 aliphatic heterocycles. The number of ether oxygens (including phenoxy) is 1. The van der Waals surface area contributed by atoms with Crippen molar-refractivity contribution in [2.24, 2.45) is 5.92 Å². The molecule has 1 saturated heterocycles. The molecule has 1 N–H and O–H groups in total. The Kier molecular flexibility index (Phi) is 5.90. The lowest BCUT2D eigenvalue weighted by molar-refractivity contribution is -0.274. The van der Waals surface area contributed by atoms with Crippen LogP contribution in [0, 0.1) is 12.8 Å². The molecule has 168 valence electrons. The largest absolute Gasteiger partial charge is 0.573 e. The normalized spacial score (nSPS) is 16.8. The maximum Gasteiger partial charge on any atom is 0.573 e. The topological polar surface area (TPSA) is 67.3 Å². The van der Waals surface area contributed by atoms with E-state index in [9.17, 15) is 18.0 Å². The van der Waals surface area contributed by atoms with E-state index in [4.69, 9.17) is 0 Å². The molecule has 4 rings (SSSR count). The minimum absolute atomic E-state index is 0.170. The number of aromatic nitrogens is 2. The Morgan fingerprint density at radius 2 is 2.06 bits per heavy atom. The molecule has 1 fully saturated rings. The second-order valence-corrected chi connectivity index (χ2v) is 8.07. The Balaban J connectivity index is 1.75. The number of halogens is 3. The maximum atomic E-state index is 13.4. The number of amides is 1. The van der Waals surface area contributed by atoms with Crippen LogP contribution < -0.4 is 10.1 Å². The van der Waals surface area contributed by atoms with Crippen LogP contribution in [0.1, 0.15) is 35.8 Å². The average molecular weight is 444 g/mol. The molecule has 6 nitrogen and oxygen atoms in total. The highest BCUT2D eigenvalue weighted by molar-refractivity contribution is 6.07. The molecule has 1 atom stereocenters. The summed E-state index contributed by atoms with van der Waals surface area (Å²) in [5.74, 6) is -0.123. The highest BCUT2D eigenvalue weighted by atomic mass is 19.4. The maximum absolute atomic E-state index is 13.4. The Bertz CT molecular complexity index is 1150. The van der Waals surface area contributed by atoms with Crippen molar-refractivity contribution in [3.8, 4) is 5.75 Å². The van der Waals surface area contributed by atoms with Crippen molar-refractivity contribution in [2.75, 3.05) is 18.4 Å². The third-order valence-electron chi connectivity index (χ3n) is 5.38. The van der Waals surface area contributed by atoms with Crippen molar-refractivity contribution in [3.05, 3.63) is 53.9 Å². The summed E-state index contributed by atoms with van der Waals surface area (Å²) in [4.78, 5) is 24.0. The fourth-order valence-corrected chi connectivity index (χ4v) is 3.93. The second-order valence-electron chi connectivity index (χ2n) is 8.07. The van der Waals surface area contributed by atoms with E-state index < -0.39 is 6.36 Å². The van der Waals surface area contributed by atoms with E-state index in [1.807, 2.05) is 6.92 Å². The van der Waals surface area contributed by atoms with Gasteiger partial charge >= 0.3 is 6.36 Å². The number of fused-ring (bicyclic) bond motifs is 1. The second kappa shape index (κ2) is 8.64. The summed E-state index contributed by atoms with van der Waals surface area (Å²) in [7, 11) is 0. The van der Waals surface area contributed by atoms with E-state index in [0.29, 0.717) is 47.0 Å². The zero-order chi connectivity index (χ0) is 22.9. The molecule has 0 spiro atoms. The van der Waals surface area contributed by atoms with Gasteiger partial charge in [0.05, 0.1) is 11.3 Å². The summed E-state index contributed by atoms with van der Waals surface area (Å²) in [6.45, 7) is 5.25. The Labute approximate surface area is 183 Å².